The maximum Gasteiger partial charge on any atom is 0.269 e. The summed E-state index contributed by atoms with van der Waals surface area (Å²) in [5.41, 5.74) is 0.966. The predicted octanol–water partition coefficient (Wildman–Crippen LogP) is 4.11. The molecule has 0 spiro atoms. The van der Waals surface area contributed by atoms with Crippen molar-refractivity contribution in [2.75, 3.05) is 6.61 Å². The molecule has 1 aromatic carbocycles. The van der Waals surface area contributed by atoms with Crippen LogP contribution < -0.4 is 0 Å². The number of nitro groups is 1. The Balaban J connectivity index is 0.00000200. The highest BCUT2D eigenvalue weighted by Gasteiger charge is 2.09. The van der Waals surface area contributed by atoms with E-state index in [9.17, 15) is 10.1 Å². The van der Waals surface area contributed by atoms with Crippen molar-refractivity contribution in [2.45, 2.75) is 6.92 Å². The molecular formula is C13H13ClN2O3S. The summed E-state index contributed by atoms with van der Waals surface area (Å²) in [5, 5.41) is 18.3. The number of non-ortho nitro benzene ring substituents is 1. The third-order valence-corrected chi connectivity index (χ3v) is 3.61. The molecule has 0 amide bonds. The first kappa shape index (κ1) is 16.1. The van der Waals surface area contributed by atoms with Crippen LogP contribution in [0.1, 0.15) is 11.8 Å². The monoisotopic (exact) mass is 312 g/mol. The van der Waals surface area contributed by atoms with Crippen LogP contribution in [0.4, 0.5) is 5.69 Å². The quantitative estimate of drug-likeness (QED) is 0.399. The molecule has 7 heteroatoms. The van der Waals surface area contributed by atoms with Crippen LogP contribution >= 0.6 is 23.7 Å². The van der Waals surface area contributed by atoms with Gasteiger partial charge in [0, 0.05) is 17.0 Å². The van der Waals surface area contributed by atoms with Gasteiger partial charge in [0.15, 0.2) is 0 Å². The lowest BCUT2D eigenvalue weighted by atomic mass is 10.2. The average molecular weight is 313 g/mol. The molecule has 20 heavy (non-hydrogen) atoms. The first-order valence-electron chi connectivity index (χ1n) is 5.68. The normalized spacial score (nSPS) is 9.65. The van der Waals surface area contributed by atoms with Crippen LogP contribution in [0.3, 0.4) is 0 Å². The molecule has 1 N–H and O–H groups in total. The Morgan fingerprint density at radius 3 is 2.50 bits per heavy atom. The van der Waals surface area contributed by atoms with Gasteiger partial charge in [0.1, 0.15) is 0 Å². The maximum absolute atomic E-state index is 10.6. The highest BCUT2D eigenvalue weighted by Crippen LogP contribution is 2.29. The SMILES string of the molecule is CCOC(=N)c1ccc(-c2ccc([N+](=O)[O-])cc2)s1.Cl. The number of halogens is 1. The largest absolute Gasteiger partial charge is 0.477 e. The van der Waals surface area contributed by atoms with E-state index in [1.54, 1.807) is 12.1 Å². The third-order valence-electron chi connectivity index (χ3n) is 2.48. The minimum atomic E-state index is -0.422. The number of ether oxygens (including phenoxy) is 1. The molecule has 0 aliphatic rings. The number of nitrogens with one attached hydrogen (secondary N) is 1. The smallest absolute Gasteiger partial charge is 0.269 e. The summed E-state index contributed by atoms with van der Waals surface area (Å²) >= 11 is 1.43. The molecule has 1 heterocycles. The molecule has 0 saturated heterocycles. The van der Waals surface area contributed by atoms with Gasteiger partial charge in [0.2, 0.25) is 5.90 Å². The standard InChI is InChI=1S/C13H12N2O3S.ClH/c1-2-18-13(14)12-8-7-11(19-12)9-3-5-10(6-4-9)15(16)17;/h3-8,14H,2H2,1H3;1H. The highest BCUT2D eigenvalue weighted by molar-refractivity contribution is 7.17. The van der Waals surface area contributed by atoms with Crippen LogP contribution in [0.2, 0.25) is 0 Å². The second-order valence-electron chi connectivity index (χ2n) is 3.73. The Labute approximate surface area is 126 Å². The molecule has 0 atom stereocenters. The van der Waals surface area contributed by atoms with E-state index in [1.807, 2.05) is 19.1 Å². The van der Waals surface area contributed by atoms with E-state index in [0.29, 0.717) is 6.61 Å². The summed E-state index contributed by atoms with van der Waals surface area (Å²) in [5.74, 6) is 0.153. The number of hydrogen-bond donors (Lipinski definition) is 1. The lowest BCUT2D eigenvalue weighted by Gasteiger charge is -2.00. The molecule has 0 saturated carbocycles. The molecule has 0 fully saturated rings. The number of nitro benzene ring substituents is 1. The Morgan fingerprint density at radius 2 is 1.95 bits per heavy atom. The maximum atomic E-state index is 10.6. The summed E-state index contributed by atoms with van der Waals surface area (Å²) in [6.45, 7) is 2.29. The van der Waals surface area contributed by atoms with Gasteiger partial charge in [-0.1, -0.05) is 0 Å². The van der Waals surface area contributed by atoms with Crippen molar-refractivity contribution in [3.8, 4) is 10.4 Å². The molecule has 0 radical (unpaired) electrons. The van der Waals surface area contributed by atoms with E-state index in [4.69, 9.17) is 10.1 Å². The van der Waals surface area contributed by atoms with Gasteiger partial charge >= 0.3 is 0 Å². The van der Waals surface area contributed by atoms with E-state index < -0.39 is 4.92 Å². The van der Waals surface area contributed by atoms with Crippen molar-refractivity contribution in [1.29, 1.82) is 5.41 Å². The number of benzene rings is 1. The van der Waals surface area contributed by atoms with Crippen molar-refractivity contribution in [3.05, 3.63) is 51.4 Å². The molecule has 0 aliphatic carbocycles. The molecule has 0 bridgehead atoms. The van der Waals surface area contributed by atoms with Crippen LogP contribution in [-0.4, -0.2) is 17.4 Å². The van der Waals surface area contributed by atoms with Crippen molar-refractivity contribution >= 4 is 35.3 Å². The third kappa shape index (κ3) is 3.55. The zero-order chi connectivity index (χ0) is 13.8. The summed E-state index contributed by atoms with van der Waals surface area (Å²) in [6.07, 6.45) is 0. The summed E-state index contributed by atoms with van der Waals surface area (Å²) in [6, 6.07) is 10.1. The molecule has 1 aromatic heterocycles. The van der Waals surface area contributed by atoms with Gasteiger partial charge in [0.05, 0.1) is 16.4 Å². The minimum Gasteiger partial charge on any atom is -0.477 e. The zero-order valence-corrected chi connectivity index (χ0v) is 12.3. The molecule has 106 valence electrons. The second kappa shape index (κ2) is 7.02. The van der Waals surface area contributed by atoms with Crippen LogP contribution in [-0.2, 0) is 4.74 Å². The van der Waals surface area contributed by atoms with Crippen LogP contribution in [0.15, 0.2) is 36.4 Å². The molecule has 2 rings (SSSR count). The Hall–Kier alpha value is -1.92. The van der Waals surface area contributed by atoms with Crippen LogP contribution in [0, 0.1) is 15.5 Å². The van der Waals surface area contributed by atoms with Gasteiger partial charge in [-0.05, 0) is 36.8 Å². The summed E-state index contributed by atoms with van der Waals surface area (Å²) in [4.78, 5) is 11.9. The van der Waals surface area contributed by atoms with Crippen molar-refractivity contribution in [2.24, 2.45) is 0 Å². The molecule has 2 aromatic rings. The van der Waals surface area contributed by atoms with Gasteiger partial charge in [-0.3, -0.25) is 15.5 Å². The average Bonchev–Trinajstić information content (AvgIpc) is 2.89. The fourth-order valence-corrected chi connectivity index (χ4v) is 2.49. The van der Waals surface area contributed by atoms with E-state index >= 15 is 0 Å². The van der Waals surface area contributed by atoms with Crippen LogP contribution in [0.5, 0.6) is 0 Å². The first-order valence-corrected chi connectivity index (χ1v) is 6.50. The number of thiophene rings is 1. The van der Waals surface area contributed by atoms with Crippen molar-refractivity contribution < 1.29 is 9.66 Å². The van der Waals surface area contributed by atoms with Gasteiger partial charge in [-0.2, -0.15) is 0 Å². The Kier molecular flexibility index (Phi) is 5.66. The molecule has 5 nitrogen and oxygen atoms in total. The Bertz CT molecular complexity index is 610. The van der Waals surface area contributed by atoms with E-state index in [0.717, 1.165) is 15.3 Å². The van der Waals surface area contributed by atoms with Gasteiger partial charge in [-0.25, -0.2) is 0 Å². The lowest BCUT2D eigenvalue weighted by Crippen LogP contribution is -2.01. The zero-order valence-electron chi connectivity index (χ0n) is 10.7. The summed E-state index contributed by atoms with van der Waals surface area (Å²) in [7, 11) is 0. The predicted molar refractivity (Wildman–Crippen MR) is 82.1 cm³/mol. The fourth-order valence-electron chi connectivity index (χ4n) is 1.58. The van der Waals surface area contributed by atoms with Gasteiger partial charge < -0.3 is 4.74 Å². The molecule has 0 aliphatic heterocycles. The summed E-state index contributed by atoms with van der Waals surface area (Å²) < 4.78 is 5.13. The molecular weight excluding hydrogens is 300 g/mol. The van der Waals surface area contributed by atoms with E-state index in [2.05, 4.69) is 0 Å². The van der Waals surface area contributed by atoms with Gasteiger partial charge in [-0.15, -0.1) is 23.7 Å². The number of nitrogens with zero attached hydrogens (tertiary/aromatic N) is 1. The van der Waals surface area contributed by atoms with E-state index in [1.165, 1.54) is 23.5 Å². The topological polar surface area (TPSA) is 76.2 Å². The highest BCUT2D eigenvalue weighted by atomic mass is 35.5. The lowest BCUT2D eigenvalue weighted by molar-refractivity contribution is -0.384. The van der Waals surface area contributed by atoms with Crippen molar-refractivity contribution in [1.82, 2.24) is 0 Å². The van der Waals surface area contributed by atoms with Crippen LogP contribution in [0.25, 0.3) is 10.4 Å². The fraction of sp³-hybridized carbons (Fsp3) is 0.154. The first-order chi connectivity index (χ1) is 9.11. The minimum absolute atomic E-state index is 0. The number of hydrogen-bond acceptors (Lipinski definition) is 5. The Morgan fingerprint density at radius 1 is 1.30 bits per heavy atom. The van der Waals surface area contributed by atoms with Gasteiger partial charge in [0.25, 0.3) is 5.69 Å². The second-order valence-corrected chi connectivity index (χ2v) is 4.81. The van der Waals surface area contributed by atoms with E-state index in [-0.39, 0.29) is 24.0 Å². The van der Waals surface area contributed by atoms with Crippen molar-refractivity contribution in [3.63, 3.8) is 0 Å². The number of rotatable bonds is 4. The molecule has 0 unspecified atom stereocenters.